The van der Waals surface area contributed by atoms with E-state index in [0.29, 0.717) is 5.56 Å². The van der Waals surface area contributed by atoms with E-state index in [4.69, 9.17) is 0 Å². The predicted molar refractivity (Wildman–Crippen MR) is 104 cm³/mol. The zero-order chi connectivity index (χ0) is 20.2. The molecule has 2 aromatic carbocycles. The van der Waals surface area contributed by atoms with Crippen molar-refractivity contribution in [1.29, 1.82) is 0 Å². The van der Waals surface area contributed by atoms with E-state index in [1.807, 2.05) is 0 Å². The average Bonchev–Trinajstić information content (AvgIpc) is 2.59. The highest BCUT2D eigenvalue weighted by Crippen LogP contribution is 2.19. The van der Waals surface area contributed by atoms with Crippen LogP contribution < -0.4 is 4.72 Å². The minimum atomic E-state index is -3.91. The van der Waals surface area contributed by atoms with Gasteiger partial charge in [0.2, 0.25) is 0 Å². The number of sulfone groups is 1. The van der Waals surface area contributed by atoms with Gasteiger partial charge in [-0.05, 0) is 48.5 Å². The number of nitrogens with one attached hydrogen (secondary N) is 1. The van der Waals surface area contributed by atoms with Gasteiger partial charge in [-0.3, -0.25) is 14.3 Å². The minimum absolute atomic E-state index is 0.0209. The molecule has 0 heterocycles. The molecule has 7 nitrogen and oxygen atoms in total. The molecule has 1 N–H and O–H groups in total. The molecule has 27 heavy (non-hydrogen) atoms. The van der Waals surface area contributed by atoms with E-state index in [0.717, 1.165) is 18.0 Å². The van der Waals surface area contributed by atoms with Crippen LogP contribution >= 0.6 is 11.8 Å². The Balaban J connectivity index is 2.13. The summed E-state index contributed by atoms with van der Waals surface area (Å²) in [6.07, 6.45) is 1.03. The molecule has 0 aliphatic carbocycles. The second kappa shape index (κ2) is 8.24. The largest absolute Gasteiger partial charge is 0.293 e. The monoisotopic (exact) mass is 427 g/mol. The fraction of sp³-hybridized carbons (Fsp3) is 0.176. The second-order valence-corrected chi connectivity index (χ2v) is 10.5. The zero-order valence-corrected chi connectivity index (χ0v) is 16.9. The third-order valence-corrected chi connectivity index (χ3v) is 6.77. The first-order chi connectivity index (χ1) is 12.5. The van der Waals surface area contributed by atoms with E-state index < -0.39 is 19.9 Å². The van der Waals surface area contributed by atoms with Crippen LogP contribution in [0.25, 0.3) is 0 Å². The second-order valence-electron chi connectivity index (χ2n) is 5.63. The van der Waals surface area contributed by atoms with Crippen LogP contribution in [0.15, 0.2) is 58.3 Å². The Kier molecular flexibility index (Phi) is 6.45. The Labute approximate surface area is 162 Å². The van der Waals surface area contributed by atoms with Crippen molar-refractivity contribution in [3.05, 3.63) is 54.1 Å². The molecule has 0 saturated carbocycles. The molecule has 0 bridgehead atoms. The maximum Gasteiger partial charge on any atom is 0.261 e. The molecule has 144 valence electrons. The number of hydrogen-bond donors (Lipinski definition) is 1. The number of Topliss-reactive ketones (excluding diaryl/α,β-unsaturated/α-hetero) is 1. The standard InChI is InChI=1S/C17H17NO6S3/c1-12(19)25-11-17(20)13-3-5-14(6-4-13)18-27(23,24)16-9-7-15(8-10-16)26(2,21)22/h3-10,18H,11H2,1-2H3. The van der Waals surface area contributed by atoms with Gasteiger partial charge in [-0.1, -0.05) is 11.8 Å². The Morgan fingerprint density at radius 3 is 1.89 bits per heavy atom. The third-order valence-electron chi connectivity index (χ3n) is 3.43. The van der Waals surface area contributed by atoms with Crippen LogP contribution in [0, 0.1) is 0 Å². The first kappa shape index (κ1) is 21.1. The van der Waals surface area contributed by atoms with Gasteiger partial charge in [-0.15, -0.1) is 0 Å². The van der Waals surface area contributed by atoms with Crippen molar-refractivity contribution in [1.82, 2.24) is 0 Å². The molecule has 10 heteroatoms. The van der Waals surface area contributed by atoms with Gasteiger partial charge in [-0.25, -0.2) is 16.8 Å². The van der Waals surface area contributed by atoms with Gasteiger partial charge in [0.1, 0.15) is 0 Å². The Hall–Kier alpha value is -2.17. The molecule has 0 aliphatic rings. The van der Waals surface area contributed by atoms with E-state index in [-0.39, 0.29) is 32.1 Å². The van der Waals surface area contributed by atoms with Crippen LogP contribution in [-0.2, 0) is 24.7 Å². The molecule has 0 unspecified atom stereocenters. The number of benzene rings is 2. The van der Waals surface area contributed by atoms with Crippen LogP contribution in [0.2, 0.25) is 0 Å². The van der Waals surface area contributed by atoms with E-state index in [2.05, 4.69) is 4.72 Å². The van der Waals surface area contributed by atoms with Crippen LogP contribution in [0.4, 0.5) is 5.69 Å². The van der Waals surface area contributed by atoms with Crippen molar-refractivity contribution in [2.24, 2.45) is 0 Å². The summed E-state index contributed by atoms with van der Waals surface area (Å²) in [4.78, 5) is 22.8. The molecule has 2 aromatic rings. The van der Waals surface area contributed by atoms with Crippen molar-refractivity contribution < 1.29 is 26.4 Å². The van der Waals surface area contributed by atoms with Gasteiger partial charge in [0.05, 0.1) is 15.5 Å². The summed E-state index contributed by atoms with van der Waals surface area (Å²) in [5, 5.41) is -0.158. The lowest BCUT2D eigenvalue weighted by Gasteiger charge is -2.09. The van der Waals surface area contributed by atoms with Crippen LogP contribution in [-0.4, -0.2) is 39.7 Å². The fourth-order valence-electron chi connectivity index (χ4n) is 2.05. The number of carbonyl (C=O) groups excluding carboxylic acids is 2. The third kappa shape index (κ3) is 5.91. The highest BCUT2D eigenvalue weighted by atomic mass is 32.2. The van der Waals surface area contributed by atoms with E-state index in [1.54, 1.807) is 0 Å². The quantitative estimate of drug-likeness (QED) is 0.675. The zero-order valence-electron chi connectivity index (χ0n) is 14.5. The van der Waals surface area contributed by atoms with Gasteiger partial charge in [0, 0.05) is 24.4 Å². The maximum atomic E-state index is 12.4. The minimum Gasteiger partial charge on any atom is -0.293 e. The lowest BCUT2D eigenvalue weighted by molar-refractivity contribution is -0.109. The smallest absolute Gasteiger partial charge is 0.261 e. The summed E-state index contributed by atoms with van der Waals surface area (Å²) in [5.74, 6) is -0.214. The molecule has 0 aromatic heterocycles. The molecular formula is C17H17NO6S3. The van der Waals surface area contributed by atoms with Gasteiger partial charge < -0.3 is 0 Å². The summed E-state index contributed by atoms with van der Waals surface area (Å²) in [7, 11) is -7.33. The van der Waals surface area contributed by atoms with Crippen molar-refractivity contribution in [2.75, 3.05) is 16.7 Å². The lowest BCUT2D eigenvalue weighted by Crippen LogP contribution is -2.13. The molecule has 0 amide bonds. The van der Waals surface area contributed by atoms with Crippen molar-refractivity contribution in [2.45, 2.75) is 16.7 Å². The van der Waals surface area contributed by atoms with E-state index in [1.165, 1.54) is 55.5 Å². The number of rotatable bonds is 7. The molecule has 0 atom stereocenters. The molecular weight excluding hydrogens is 410 g/mol. The van der Waals surface area contributed by atoms with Crippen molar-refractivity contribution in [3.8, 4) is 0 Å². The van der Waals surface area contributed by atoms with Gasteiger partial charge in [-0.2, -0.15) is 0 Å². The number of thioether (sulfide) groups is 1. The highest BCUT2D eigenvalue weighted by molar-refractivity contribution is 8.14. The normalized spacial score (nSPS) is 11.8. The van der Waals surface area contributed by atoms with Gasteiger partial charge >= 0.3 is 0 Å². The lowest BCUT2D eigenvalue weighted by atomic mass is 10.1. The van der Waals surface area contributed by atoms with Crippen LogP contribution in [0.5, 0.6) is 0 Å². The van der Waals surface area contributed by atoms with E-state index >= 15 is 0 Å². The molecule has 0 radical (unpaired) electrons. The summed E-state index contributed by atoms with van der Waals surface area (Å²) < 4.78 is 50.0. The SMILES string of the molecule is CC(=O)SCC(=O)c1ccc(NS(=O)(=O)c2ccc(S(C)(=O)=O)cc2)cc1. The van der Waals surface area contributed by atoms with Crippen molar-refractivity contribution in [3.63, 3.8) is 0 Å². The number of anilines is 1. The Morgan fingerprint density at radius 2 is 1.41 bits per heavy atom. The molecule has 2 rings (SSSR count). The first-order valence-corrected chi connectivity index (χ1v) is 11.9. The number of ketones is 1. The number of hydrogen-bond acceptors (Lipinski definition) is 7. The van der Waals surface area contributed by atoms with Gasteiger partial charge in [0.25, 0.3) is 10.0 Å². The molecule has 0 spiro atoms. The van der Waals surface area contributed by atoms with Crippen LogP contribution in [0.3, 0.4) is 0 Å². The fourth-order valence-corrected chi connectivity index (χ4v) is 4.24. The topological polar surface area (TPSA) is 114 Å². The Morgan fingerprint density at radius 1 is 0.889 bits per heavy atom. The summed E-state index contributed by atoms with van der Waals surface area (Å²) in [6.45, 7) is 1.37. The predicted octanol–water partition coefficient (Wildman–Crippen LogP) is 2.35. The Bertz CT molecular complexity index is 1060. The number of carbonyl (C=O) groups is 2. The summed E-state index contributed by atoms with van der Waals surface area (Å²) >= 11 is 0.906. The van der Waals surface area contributed by atoms with Crippen molar-refractivity contribution >= 4 is 48.2 Å². The maximum absolute atomic E-state index is 12.4. The van der Waals surface area contributed by atoms with Crippen LogP contribution in [0.1, 0.15) is 17.3 Å². The number of sulfonamides is 1. The molecule has 0 fully saturated rings. The molecule has 0 aliphatic heterocycles. The average molecular weight is 428 g/mol. The summed E-state index contributed by atoms with van der Waals surface area (Å²) in [6, 6.07) is 10.7. The molecule has 0 saturated heterocycles. The summed E-state index contributed by atoms with van der Waals surface area (Å²) in [5.41, 5.74) is 0.613. The van der Waals surface area contributed by atoms with Gasteiger partial charge in [0.15, 0.2) is 20.7 Å². The van der Waals surface area contributed by atoms with E-state index in [9.17, 15) is 26.4 Å². The highest BCUT2D eigenvalue weighted by Gasteiger charge is 2.16. The first-order valence-electron chi connectivity index (χ1n) is 7.58.